The lowest BCUT2D eigenvalue weighted by Crippen LogP contribution is -2.45. The van der Waals surface area contributed by atoms with Crippen LogP contribution >= 0.6 is 15.9 Å². The van der Waals surface area contributed by atoms with E-state index in [1.54, 1.807) is 0 Å². The third-order valence-corrected chi connectivity index (χ3v) is 4.15. The number of halogens is 1. The van der Waals surface area contributed by atoms with Crippen LogP contribution in [0.5, 0.6) is 0 Å². The number of benzene rings is 1. The van der Waals surface area contributed by atoms with Gasteiger partial charge < -0.3 is 10.5 Å². The minimum Gasteiger partial charge on any atom is -0.381 e. The third kappa shape index (κ3) is 2.31. The van der Waals surface area contributed by atoms with Crippen LogP contribution < -0.4 is 5.73 Å². The maximum absolute atomic E-state index is 6.50. The Morgan fingerprint density at radius 2 is 2.19 bits per heavy atom. The van der Waals surface area contributed by atoms with Crippen LogP contribution in [0.4, 0.5) is 0 Å². The second-order valence-electron chi connectivity index (χ2n) is 4.68. The van der Waals surface area contributed by atoms with E-state index in [1.807, 2.05) is 18.2 Å². The molecule has 0 aliphatic carbocycles. The highest BCUT2D eigenvalue weighted by Crippen LogP contribution is 2.35. The van der Waals surface area contributed by atoms with Crippen molar-refractivity contribution in [1.82, 2.24) is 0 Å². The predicted molar refractivity (Wildman–Crippen MR) is 69.2 cm³/mol. The molecule has 2 rings (SSSR count). The van der Waals surface area contributed by atoms with Gasteiger partial charge in [0.15, 0.2) is 0 Å². The maximum atomic E-state index is 6.50. The lowest BCUT2D eigenvalue weighted by atomic mass is 9.78. The second kappa shape index (κ2) is 4.86. The van der Waals surface area contributed by atoms with Crippen molar-refractivity contribution in [3.63, 3.8) is 0 Å². The fourth-order valence-electron chi connectivity index (χ4n) is 2.33. The minimum absolute atomic E-state index is 0.319. The van der Waals surface area contributed by atoms with Crippen molar-refractivity contribution < 1.29 is 4.74 Å². The molecule has 16 heavy (non-hydrogen) atoms. The number of nitrogens with two attached hydrogens (primary N) is 1. The van der Waals surface area contributed by atoms with E-state index in [1.165, 1.54) is 5.56 Å². The van der Waals surface area contributed by atoms with Crippen molar-refractivity contribution in [1.29, 1.82) is 0 Å². The zero-order chi connectivity index (χ0) is 11.6. The van der Waals surface area contributed by atoms with Crippen molar-refractivity contribution in [2.24, 2.45) is 11.7 Å². The summed E-state index contributed by atoms with van der Waals surface area (Å²) in [6, 6.07) is 8.19. The Kier molecular flexibility index (Phi) is 3.67. The van der Waals surface area contributed by atoms with Gasteiger partial charge in [-0.05, 0) is 31.4 Å². The molecule has 2 nitrogen and oxygen atoms in total. The summed E-state index contributed by atoms with van der Waals surface area (Å²) >= 11 is 3.58. The normalized spacial score (nSPS) is 25.1. The topological polar surface area (TPSA) is 35.2 Å². The SMILES string of the molecule is CC(N)(c1ccccc1Br)C1CCCOC1. The fourth-order valence-corrected chi connectivity index (χ4v) is 3.04. The molecule has 3 heteroatoms. The van der Waals surface area contributed by atoms with Crippen LogP contribution in [-0.4, -0.2) is 13.2 Å². The summed E-state index contributed by atoms with van der Waals surface area (Å²) in [7, 11) is 0. The van der Waals surface area contributed by atoms with Crippen LogP contribution in [-0.2, 0) is 10.3 Å². The van der Waals surface area contributed by atoms with Crippen molar-refractivity contribution in [2.45, 2.75) is 25.3 Å². The van der Waals surface area contributed by atoms with Crippen molar-refractivity contribution in [2.75, 3.05) is 13.2 Å². The molecule has 0 spiro atoms. The molecule has 0 saturated carbocycles. The quantitative estimate of drug-likeness (QED) is 0.906. The summed E-state index contributed by atoms with van der Waals surface area (Å²) in [6.07, 6.45) is 2.26. The van der Waals surface area contributed by atoms with Crippen LogP contribution in [0.25, 0.3) is 0 Å². The highest BCUT2D eigenvalue weighted by molar-refractivity contribution is 9.10. The van der Waals surface area contributed by atoms with Gasteiger partial charge in [-0.1, -0.05) is 34.1 Å². The molecule has 0 bridgehead atoms. The van der Waals surface area contributed by atoms with E-state index in [-0.39, 0.29) is 5.54 Å². The standard InChI is InChI=1S/C13H18BrNO/c1-13(15,10-5-4-8-16-9-10)11-6-2-3-7-12(11)14/h2-3,6-7,10H,4-5,8-9,15H2,1H3. The van der Waals surface area contributed by atoms with Crippen molar-refractivity contribution in [3.8, 4) is 0 Å². The van der Waals surface area contributed by atoms with E-state index in [0.29, 0.717) is 5.92 Å². The van der Waals surface area contributed by atoms with E-state index in [4.69, 9.17) is 10.5 Å². The molecule has 1 aliphatic heterocycles. The van der Waals surface area contributed by atoms with E-state index >= 15 is 0 Å². The van der Waals surface area contributed by atoms with Crippen LogP contribution in [0, 0.1) is 5.92 Å². The average Bonchev–Trinajstić information content (AvgIpc) is 2.30. The molecule has 0 aromatic heterocycles. The maximum Gasteiger partial charge on any atom is 0.0515 e. The zero-order valence-electron chi connectivity index (χ0n) is 9.58. The summed E-state index contributed by atoms with van der Waals surface area (Å²) in [5.74, 6) is 0.403. The molecular weight excluding hydrogens is 266 g/mol. The molecule has 1 saturated heterocycles. The molecule has 88 valence electrons. The lowest BCUT2D eigenvalue weighted by molar-refractivity contribution is 0.0242. The van der Waals surface area contributed by atoms with Gasteiger partial charge in [0.2, 0.25) is 0 Å². The Hall–Kier alpha value is -0.380. The fraction of sp³-hybridized carbons (Fsp3) is 0.538. The van der Waals surface area contributed by atoms with Gasteiger partial charge in [0.25, 0.3) is 0 Å². The van der Waals surface area contributed by atoms with Crippen LogP contribution in [0.1, 0.15) is 25.3 Å². The van der Waals surface area contributed by atoms with Gasteiger partial charge in [-0.3, -0.25) is 0 Å². The molecule has 0 radical (unpaired) electrons. The van der Waals surface area contributed by atoms with Crippen LogP contribution in [0.2, 0.25) is 0 Å². The Labute approximate surface area is 105 Å². The molecular formula is C13H18BrNO. The molecule has 1 aromatic rings. The Morgan fingerprint density at radius 3 is 2.81 bits per heavy atom. The number of rotatable bonds is 2. The first-order valence-electron chi connectivity index (χ1n) is 5.74. The van der Waals surface area contributed by atoms with Crippen LogP contribution in [0.15, 0.2) is 28.7 Å². The average molecular weight is 284 g/mol. The molecule has 1 aromatic carbocycles. The molecule has 1 heterocycles. The largest absolute Gasteiger partial charge is 0.381 e. The van der Waals surface area contributed by atoms with Gasteiger partial charge in [-0.15, -0.1) is 0 Å². The monoisotopic (exact) mass is 283 g/mol. The molecule has 0 amide bonds. The second-order valence-corrected chi connectivity index (χ2v) is 5.53. The number of hydrogen-bond acceptors (Lipinski definition) is 2. The third-order valence-electron chi connectivity index (χ3n) is 3.46. The highest BCUT2D eigenvalue weighted by Gasteiger charge is 2.34. The van der Waals surface area contributed by atoms with Gasteiger partial charge in [-0.25, -0.2) is 0 Å². The van der Waals surface area contributed by atoms with E-state index < -0.39 is 0 Å². The first kappa shape index (κ1) is 12.1. The summed E-state index contributed by atoms with van der Waals surface area (Å²) < 4.78 is 6.62. The molecule has 2 unspecified atom stereocenters. The van der Waals surface area contributed by atoms with E-state index in [0.717, 1.165) is 30.5 Å². The molecule has 1 aliphatic rings. The lowest BCUT2D eigenvalue weighted by Gasteiger charge is -2.37. The Balaban J connectivity index is 2.26. The number of hydrogen-bond donors (Lipinski definition) is 1. The first-order valence-corrected chi connectivity index (χ1v) is 6.53. The Morgan fingerprint density at radius 1 is 1.44 bits per heavy atom. The Bertz CT molecular complexity index is 359. The smallest absolute Gasteiger partial charge is 0.0515 e. The van der Waals surface area contributed by atoms with Gasteiger partial charge in [0.1, 0.15) is 0 Å². The minimum atomic E-state index is -0.319. The summed E-state index contributed by atoms with van der Waals surface area (Å²) in [5, 5.41) is 0. The molecule has 1 fully saturated rings. The van der Waals surface area contributed by atoms with Crippen molar-refractivity contribution >= 4 is 15.9 Å². The summed E-state index contributed by atoms with van der Waals surface area (Å²) in [4.78, 5) is 0. The van der Waals surface area contributed by atoms with E-state index in [9.17, 15) is 0 Å². The summed E-state index contributed by atoms with van der Waals surface area (Å²) in [6.45, 7) is 3.75. The van der Waals surface area contributed by atoms with E-state index in [2.05, 4.69) is 28.9 Å². The zero-order valence-corrected chi connectivity index (χ0v) is 11.2. The predicted octanol–water partition coefficient (Wildman–Crippen LogP) is 3.05. The van der Waals surface area contributed by atoms with Gasteiger partial charge in [0.05, 0.1) is 6.61 Å². The van der Waals surface area contributed by atoms with Crippen molar-refractivity contribution in [3.05, 3.63) is 34.3 Å². The van der Waals surface area contributed by atoms with Gasteiger partial charge in [-0.2, -0.15) is 0 Å². The summed E-state index contributed by atoms with van der Waals surface area (Å²) in [5.41, 5.74) is 7.36. The highest BCUT2D eigenvalue weighted by atomic mass is 79.9. The number of ether oxygens (including phenoxy) is 1. The molecule has 2 N–H and O–H groups in total. The van der Waals surface area contributed by atoms with Gasteiger partial charge in [0, 0.05) is 22.5 Å². The van der Waals surface area contributed by atoms with Gasteiger partial charge >= 0.3 is 0 Å². The first-order chi connectivity index (χ1) is 7.62. The van der Waals surface area contributed by atoms with Crippen LogP contribution in [0.3, 0.4) is 0 Å². The molecule has 2 atom stereocenters.